The summed E-state index contributed by atoms with van der Waals surface area (Å²) in [4.78, 5) is 0. The Morgan fingerprint density at radius 2 is 0.591 bits per heavy atom. The molecule has 0 aromatic heterocycles. The third-order valence-corrected chi connectivity index (χ3v) is 12.5. The van der Waals surface area contributed by atoms with Gasteiger partial charge in [0.1, 0.15) is 45.1 Å². The van der Waals surface area contributed by atoms with Gasteiger partial charge in [-0.2, -0.15) is 0 Å². The summed E-state index contributed by atoms with van der Waals surface area (Å²) < 4.78 is 18.3. The standard InChI is InChI=1S/C40H36O3Si/c1-44(38-23-17-35(18-24-38)41-29-32-11-5-2-6-12-32,39-25-19-36(20-26-39)42-30-33-13-7-3-8-14-33)40-27-21-37(22-28-40)43-31-34-15-9-4-10-16-34/h2-28H,29-31H2,1H3. The van der Waals surface area contributed by atoms with Crippen LogP contribution in [0.3, 0.4) is 0 Å². The van der Waals surface area contributed by atoms with Crippen molar-refractivity contribution in [3.8, 4) is 17.2 Å². The van der Waals surface area contributed by atoms with E-state index in [1.807, 2.05) is 54.6 Å². The molecule has 4 heteroatoms. The van der Waals surface area contributed by atoms with Crippen LogP contribution in [-0.4, -0.2) is 8.07 Å². The molecule has 0 spiro atoms. The highest BCUT2D eigenvalue weighted by Gasteiger charge is 2.34. The van der Waals surface area contributed by atoms with Crippen molar-refractivity contribution in [3.05, 3.63) is 180 Å². The molecule has 6 rings (SSSR count). The quantitative estimate of drug-likeness (QED) is 0.109. The second-order valence-electron chi connectivity index (χ2n) is 11.0. The lowest BCUT2D eigenvalue weighted by atomic mass is 10.2. The maximum absolute atomic E-state index is 6.11. The first-order chi connectivity index (χ1) is 21.7. The summed E-state index contributed by atoms with van der Waals surface area (Å²) in [5, 5.41) is 3.92. The van der Waals surface area contributed by atoms with Crippen LogP contribution in [0, 0.1) is 0 Å². The highest BCUT2D eigenvalue weighted by Crippen LogP contribution is 2.19. The number of benzene rings is 6. The lowest BCUT2D eigenvalue weighted by Crippen LogP contribution is -2.64. The van der Waals surface area contributed by atoms with Crippen molar-refractivity contribution in [2.45, 2.75) is 26.4 Å². The molecular weight excluding hydrogens is 557 g/mol. The number of hydrogen-bond acceptors (Lipinski definition) is 3. The Balaban J connectivity index is 1.24. The van der Waals surface area contributed by atoms with Gasteiger partial charge in [0, 0.05) is 0 Å². The fourth-order valence-electron chi connectivity index (χ4n) is 5.38. The van der Waals surface area contributed by atoms with Crippen molar-refractivity contribution in [2.75, 3.05) is 0 Å². The first kappa shape index (κ1) is 29.0. The second-order valence-corrected chi connectivity index (χ2v) is 15.0. The predicted molar refractivity (Wildman–Crippen MR) is 182 cm³/mol. The molecule has 218 valence electrons. The van der Waals surface area contributed by atoms with Crippen LogP contribution in [0.25, 0.3) is 0 Å². The van der Waals surface area contributed by atoms with E-state index in [0.717, 1.165) is 33.9 Å². The molecular formula is C40H36O3Si. The molecule has 0 aliphatic heterocycles. The van der Waals surface area contributed by atoms with Crippen LogP contribution in [0.5, 0.6) is 17.2 Å². The molecule has 0 radical (unpaired) electrons. The third kappa shape index (κ3) is 7.11. The minimum Gasteiger partial charge on any atom is -0.489 e. The zero-order chi connectivity index (χ0) is 30.0. The second kappa shape index (κ2) is 13.9. The zero-order valence-electron chi connectivity index (χ0n) is 24.9. The summed E-state index contributed by atoms with van der Waals surface area (Å²) in [6.07, 6.45) is 0. The fourth-order valence-corrected chi connectivity index (χ4v) is 8.88. The Morgan fingerprint density at radius 3 is 0.841 bits per heavy atom. The number of rotatable bonds is 12. The van der Waals surface area contributed by atoms with Crippen LogP contribution in [0.1, 0.15) is 16.7 Å². The average molecular weight is 593 g/mol. The number of ether oxygens (including phenoxy) is 3. The Hall–Kier alpha value is -5.06. The van der Waals surface area contributed by atoms with Crippen LogP contribution in [-0.2, 0) is 19.8 Å². The lowest BCUT2D eigenvalue weighted by Gasteiger charge is -2.30. The van der Waals surface area contributed by atoms with Gasteiger partial charge in [-0.3, -0.25) is 0 Å². The summed E-state index contributed by atoms with van der Waals surface area (Å²) in [5.74, 6) is 2.59. The zero-order valence-corrected chi connectivity index (χ0v) is 25.9. The van der Waals surface area contributed by atoms with E-state index in [9.17, 15) is 0 Å². The van der Waals surface area contributed by atoms with Crippen molar-refractivity contribution in [1.29, 1.82) is 0 Å². The van der Waals surface area contributed by atoms with Crippen molar-refractivity contribution in [2.24, 2.45) is 0 Å². The highest BCUT2D eigenvalue weighted by atomic mass is 28.3. The van der Waals surface area contributed by atoms with Gasteiger partial charge in [0.15, 0.2) is 0 Å². The maximum atomic E-state index is 6.11. The van der Waals surface area contributed by atoms with Gasteiger partial charge in [0.05, 0.1) is 0 Å². The molecule has 0 fully saturated rings. The Bertz CT molecular complexity index is 1510. The van der Waals surface area contributed by atoms with Crippen LogP contribution >= 0.6 is 0 Å². The minimum absolute atomic E-state index is 0.545. The van der Waals surface area contributed by atoms with Gasteiger partial charge in [-0.05, 0) is 68.6 Å². The molecule has 0 N–H and O–H groups in total. The smallest absolute Gasteiger partial charge is 0.145 e. The molecule has 44 heavy (non-hydrogen) atoms. The molecule has 0 saturated heterocycles. The summed E-state index contributed by atoms with van der Waals surface area (Å²) in [6.45, 7) is 4.05. The Kier molecular flexibility index (Phi) is 9.20. The fraction of sp³-hybridized carbons (Fsp3) is 0.100. The first-order valence-electron chi connectivity index (χ1n) is 15.0. The molecule has 0 amide bonds. The molecule has 0 heterocycles. The van der Waals surface area contributed by atoms with E-state index in [1.165, 1.54) is 15.6 Å². The molecule has 0 bridgehead atoms. The van der Waals surface area contributed by atoms with E-state index in [1.54, 1.807) is 0 Å². The van der Waals surface area contributed by atoms with E-state index in [4.69, 9.17) is 14.2 Å². The largest absolute Gasteiger partial charge is 0.489 e. The van der Waals surface area contributed by atoms with Gasteiger partial charge >= 0.3 is 0 Å². The summed E-state index contributed by atoms with van der Waals surface area (Å²) >= 11 is 0. The van der Waals surface area contributed by atoms with Crippen molar-refractivity contribution in [1.82, 2.24) is 0 Å². The van der Waals surface area contributed by atoms with Crippen LogP contribution in [0.2, 0.25) is 6.55 Å². The molecule has 0 aliphatic rings. The molecule has 0 unspecified atom stereocenters. The summed E-state index contributed by atoms with van der Waals surface area (Å²) in [5.41, 5.74) is 3.46. The Morgan fingerprint density at radius 1 is 0.341 bits per heavy atom. The van der Waals surface area contributed by atoms with Crippen molar-refractivity contribution < 1.29 is 14.2 Å². The molecule has 0 saturated carbocycles. The topological polar surface area (TPSA) is 27.7 Å². The third-order valence-electron chi connectivity index (χ3n) is 8.04. The monoisotopic (exact) mass is 592 g/mol. The predicted octanol–water partition coefficient (Wildman–Crippen LogP) is 7.52. The SMILES string of the molecule is C[Si](c1ccc(OCc2ccccc2)cc1)(c1ccc(OCc2ccccc2)cc1)c1ccc(OCc2ccccc2)cc1. The maximum Gasteiger partial charge on any atom is 0.145 e. The van der Waals surface area contributed by atoms with E-state index < -0.39 is 8.07 Å². The molecule has 6 aromatic carbocycles. The van der Waals surface area contributed by atoms with E-state index >= 15 is 0 Å². The summed E-state index contributed by atoms with van der Waals surface area (Å²) in [7, 11) is -2.37. The number of hydrogen-bond donors (Lipinski definition) is 0. The molecule has 6 aromatic rings. The van der Waals surface area contributed by atoms with Crippen LogP contribution in [0.15, 0.2) is 164 Å². The van der Waals surface area contributed by atoms with Crippen LogP contribution in [0.4, 0.5) is 0 Å². The lowest BCUT2D eigenvalue weighted by molar-refractivity contribution is 0.306. The van der Waals surface area contributed by atoms with Gasteiger partial charge in [-0.1, -0.05) is 134 Å². The van der Waals surface area contributed by atoms with Crippen LogP contribution < -0.4 is 29.8 Å². The van der Waals surface area contributed by atoms with Gasteiger partial charge in [0.25, 0.3) is 0 Å². The molecule has 3 nitrogen and oxygen atoms in total. The normalized spacial score (nSPS) is 11.1. The molecule has 0 atom stereocenters. The molecule has 0 aliphatic carbocycles. The van der Waals surface area contributed by atoms with Gasteiger partial charge in [-0.15, -0.1) is 0 Å². The van der Waals surface area contributed by atoms with Gasteiger partial charge in [0.2, 0.25) is 0 Å². The first-order valence-corrected chi connectivity index (χ1v) is 17.5. The highest BCUT2D eigenvalue weighted by molar-refractivity contribution is 7.10. The van der Waals surface area contributed by atoms with Crippen molar-refractivity contribution in [3.63, 3.8) is 0 Å². The van der Waals surface area contributed by atoms with Gasteiger partial charge < -0.3 is 14.2 Å². The average Bonchev–Trinajstić information content (AvgIpc) is 3.10. The Labute approximate surface area is 261 Å². The van der Waals surface area contributed by atoms with Gasteiger partial charge in [-0.25, -0.2) is 0 Å². The van der Waals surface area contributed by atoms with E-state index in [2.05, 4.69) is 116 Å². The minimum atomic E-state index is -2.37. The van der Waals surface area contributed by atoms with E-state index in [0.29, 0.717) is 19.8 Å². The summed E-state index contributed by atoms with van der Waals surface area (Å²) in [6, 6.07) is 56.7. The van der Waals surface area contributed by atoms with Crippen molar-refractivity contribution >= 4 is 23.6 Å². The van der Waals surface area contributed by atoms with E-state index in [-0.39, 0.29) is 0 Å².